The first-order chi connectivity index (χ1) is 7.27. The van der Waals surface area contributed by atoms with Crippen LogP contribution in [0.25, 0.3) is 0 Å². The minimum atomic E-state index is -0.339. The van der Waals surface area contributed by atoms with Gasteiger partial charge in [0, 0.05) is 0 Å². The number of H-pyrrole nitrogens is 1. The van der Waals surface area contributed by atoms with E-state index in [4.69, 9.17) is 11.5 Å². The van der Waals surface area contributed by atoms with Crippen molar-refractivity contribution in [2.75, 3.05) is 5.73 Å². The molecule has 0 aromatic carbocycles. The summed E-state index contributed by atoms with van der Waals surface area (Å²) in [6.45, 7) is 7.83. The van der Waals surface area contributed by atoms with Gasteiger partial charge in [-0.25, -0.2) is 4.98 Å². The fourth-order valence-electron chi connectivity index (χ4n) is 1.43. The van der Waals surface area contributed by atoms with Crippen molar-refractivity contribution in [1.29, 1.82) is 0 Å². The molecule has 5 N–H and O–H groups in total. The van der Waals surface area contributed by atoms with E-state index in [-0.39, 0.29) is 22.8 Å². The van der Waals surface area contributed by atoms with E-state index in [1.165, 1.54) is 0 Å². The van der Waals surface area contributed by atoms with Gasteiger partial charge >= 0.3 is 0 Å². The number of hydrogen-bond acceptors (Lipinski definition) is 4. The zero-order chi connectivity index (χ0) is 12.5. The number of rotatable bonds is 2. The number of aromatic nitrogens is 2. The lowest BCUT2D eigenvalue weighted by Gasteiger charge is -2.26. The van der Waals surface area contributed by atoms with Gasteiger partial charge in [0.15, 0.2) is 0 Å². The smallest absolute Gasteiger partial charge is 0.256 e. The van der Waals surface area contributed by atoms with Crippen LogP contribution in [0.1, 0.15) is 45.1 Å². The average Bonchev–Trinajstić information content (AvgIpc) is 2.14. The molecule has 0 spiro atoms. The molecule has 5 nitrogen and oxygen atoms in total. The number of anilines is 1. The summed E-state index contributed by atoms with van der Waals surface area (Å²) in [5, 5.41) is 0. The van der Waals surface area contributed by atoms with Crippen LogP contribution in [0, 0.1) is 5.41 Å². The molecule has 0 radical (unpaired) electrons. The van der Waals surface area contributed by atoms with Crippen molar-refractivity contribution in [3.05, 3.63) is 21.7 Å². The van der Waals surface area contributed by atoms with E-state index in [1.807, 2.05) is 27.7 Å². The van der Waals surface area contributed by atoms with E-state index in [1.54, 1.807) is 0 Å². The Labute approximate surface area is 95.3 Å². The highest BCUT2D eigenvalue weighted by Crippen LogP contribution is 2.28. The van der Waals surface area contributed by atoms with E-state index in [0.29, 0.717) is 17.8 Å². The fraction of sp³-hybridized carbons (Fsp3) is 0.636. The molecular formula is C11H20N4O. The molecule has 1 rings (SSSR count). The molecule has 0 fully saturated rings. The van der Waals surface area contributed by atoms with Crippen molar-refractivity contribution in [2.24, 2.45) is 11.1 Å². The largest absolute Gasteiger partial charge is 0.383 e. The van der Waals surface area contributed by atoms with Crippen LogP contribution < -0.4 is 17.0 Å². The highest BCUT2D eigenvalue weighted by molar-refractivity contribution is 5.37. The molecule has 0 amide bonds. The molecule has 0 aliphatic carbocycles. The molecule has 1 aromatic rings. The van der Waals surface area contributed by atoms with Crippen LogP contribution >= 0.6 is 0 Å². The average molecular weight is 224 g/mol. The summed E-state index contributed by atoms with van der Waals surface area (Å²) in [4.78, 5) is 18.6. The van der Waals surface area contributed by atoms with Crippen LogP contribution in [0.15, 0.2) is 4.79 Å². The van der Waals surface area contributed by atoms with E-state index in [2.05, 4.69) is 9.97 Å². The standard InChI is InChI=1S/C11H20N4O/c1-5-6-8(13)14-9(15-10(6)16)7(12)11(2,3)4/h7H,5,12H2,1-4H3,(H3,13,14,15,16). The SMILES string of the molecule is CCc1c(N)nc(C(N)C(C)(C)C)[nH]c1=O. The van der Waals surface area contributed by atoms with Gasteiger partial charge in [-0.2, -0.15) is 0 Å². The fourth-order valence-corrected chi connectivity index (χ4v) is 1.43. The van der Waals surface area contributed by atoms with Gasteiger partial charge < -0.3 is 16.5 Å². The lowest BCUT2D eigenvalue weighted by Crippen LogP contribution is -2.31. The van der Waals surface area contributed by atoms with Gasteiger partial charge in [0.2, 0.25) is 0 Å². The topological polar surface area (TPSA) is 97.8 Å². The molecule has 0 aliphatic rings. The van der Waals surface area contributed by atoms with Crippen LogP contribution in [0.2, 0.25) is 0 Å². The van der Waals surface area contributed by atoms with Crippen molar-refractivity contribution in [3.63, 3.8) is 0 Å². The normalized spacial score (nSPS) is 13.8. The Morgan fingerprint density at radius 3 is 2.38 bits per heavy atom. The maximum absolute atomic E-state index is 11.7. The summed E-state index contributed by atoms with van der Waals surface area (Å²) in [6.07, 6.45) is 0.569. The maximum atomic E-state index is 11.7. The molecule has 1 atom stereocenters. The minimum Gasteiger partial charge on any atom is -0.383 e. The molecule has 1 aromatic heterocycles. The van der Waals surface area contributed by atoms with Gasteiger partial charge in [-0.05, 0) is 11.8 Å². The Bertz CT molecular complexity index is 431. The Balaban J connectivity index is 3.24. The first kappa shape index (κ1) is 12.7. The predicted octanol–water partition coefficient (Wildman–Crippen LogP) is 0.960. The van der Waals surface area contributed by atoms with Gasteiger partial charge in [-0.15, -0.1) is 0 Å². The molecule has 0 aliphatic heterocycles. The zero-order valence-electron chi connectivity index (χ0n) is 10.3. The second kappa shape index (κ2) is 4.25. The van der Waals surface area contributed by atoms with Crippen molar-refractivity contribution in [3.8, 4) is 0 Å². The van der Waals surface area contributed by atoms with Gasteiger partial charge in [-0.3, -0.25) is 4.79 Å². The van der Waals surface area contributed by atoms with E-state index in [9.17, 15) is 4.79 Å². The maximum Gasteiger partial charge on any atom is 0.256 e. The first-order valence-corrected chi connectivity index (χ1v) is 5.41. The van der Waals surface area contributed by atoms with Gasteiger partial charge in [0.05, 0.1) is 11.6 Å². The quantitative estimate of drug-likeness (QED) is 0.697. The van der Waals surface area contributed by atoms with E-state index >= 15 is 0 Å². The Kier molecular flexibility index (Phi) is 3.38. The zero-order valence-corrected chi connectivity index (χ0v) is 10.3. The summed E-state index contributed by atoms with van der Waals surface area (Å²) in [5.41, 5.74) is 11.9. The summed E-state index contributed by atoms with van der Waals surface area (Å²) >= 11 is 0. The molecule has 0 bridgehead atoms. The highest BCUT2D eigenvalue weighted by Gasteiger charge is 2.25. The number of nitrogen functional groups attached to an aromatic ring is 1. The van der Waals surface area contributed by atoms with Crippen molar-refractivity contribution >= 4 is 5.82 Å². The third-order valence-electron chi connectivity index (χ3n) is 2.65. The molecular weight excluding hydrogens is 204 g/mol. The highest BCUT2D eigenvalue weighted by atomic mass is 16.1. The van der Waals surface area contributed by atoms with Crippen LogP contribution in [0.3, 0.4) is 0 Å². The van der Waals surface area contributed by atoms with Gasteiger partial charge in [0.1, 0.15) is 11.6 Å². The lowest BCUT2D eigenvalue weighted by molar-refractivity contribution is 0.315. The Morgan fingerprint density at radius 2 is 2.00 bits per heavy atom. The monoisotopic (exact) mass is 224 g/mol. The number of nitrogens with two attached hydrogens (primary N) is 2. The van der Waals surface area contributed by atoms with Crippen molar-refractivity contribution in [2.45, 2.75) is 40.2 Å². The molecule has 0 saturated heterocycles. The van der Waals surface area contributed by atoms with Crippen LogP contribution in [-0.4, -0.2) is 9.97 Å². The van der Waals surface area contributed by atoms with Crippen LogP contribution in [0.5, 0.6) is 0 Å². The van der Waals surface area contributed by atoms with Gasteiger partial charge in [-0.1, -0.05) is 27.7 Å². The summed E-state index contributed by atoms with van der Waals surface area (Å²) in [6, 6.07) is -0.339. The molecule has 90 valence electrons. The van der Waals surface area contributed by atoms with Crippen LogP contribution in [-0.2, 0) is 6.42 Å². The Morgan fingerprint density at radius 1 is 1.44 bits per heavy atom. The third-order valence-corrected chi connectivity index (χ3v) is 2.65. The van der Waals surface area contributed by atoms with Crippen LogP contribution in [0.4, 0.5) is 5.82 Å². The van der Waals surface area contributed by atoms with Gasteiger partial charge in [0.25, 0.3) is 5.56 Å². The third kappa shape index (κ3) is 2.41. The van der Waals surface area contributed by atoms with E-state index in [0.717, 1.165) is 0 Å². The second-order valence-electron chi connectivity index (χ2n) is 5.01. The minimum absolute atomic E-state index is 0.171. The molecule has 1 heterocycles. The molecule has 16 heavy (non-hydrogen) atoms. The molecule has 0 saturated carbocycles. The van der Waals surface area contributed by atoms with Crippen molar-refractivity contribution in [1.82, 2.24) is 9.97 Å². The predicted molar refractivity (Wildman–Crippen MR) is 65.0 cm³/mol. The summed E-state index contributed by atoms with van der Waals surface area (Å²) in [5.74, 6) is 0.730. The summed E-state index contributed by atoms with van der Waals surface area (Å²) in [7, 11) is 0. The first-order valence-electron chi connectivity index (χ1n) is 5.41. The summed E-state index contributed by atoms with van der Waals surface area (Å²) < 4.78 is 0. The number of hydrogen-bond donors (Lipinski definition) is 3. The van der Waals surface area contributed by atoms with E-state index < -0.39 is 0 Å². The molecule has 1 unspecified atom stereocenters. The lowest BCUT2D eigenvalue weighted by atomic mass is 9.87. The number of nitrogens with one attached hydrogen (secondary N) is 1. The number of nitrogens with zero attached hydrogens (tertiary/aromatic N) is 1. The van der Waals surface area contributed by atoms with Crippen molar-refractivity contribution < 1.29 is 0 Å². The number of aromatic amines is 1. The Hall–Kier alpha value is -1.36. The second-order valence-corrected chi connectivity index (χ2v) is 5.01. The molecule has 5 heteroatoms.